The summed E-state index contributed by atoms with van der Waals surface area (Å²) in [5, 5.41) is 8.66. The van der Waals surface area contributed by atoms with Crippen molar-refractivity contribution in [1.82, 2.24) is 4.90 Å². The molecule has 0 atom stereocenters. The molecule has 0 heterocycles. The van der Waals surface area contributed by atoms with Gasteiger partial charge in [-0.25, -0.2) is 9.69 Å². The molecule has 0 bridgehead atoms. The van der Waals surface area contributed by atoms with Crippen LogP contribution in [0.4, 0.5) is 4.79 Å². The van der Waals surface area contributed by atoms with Crippen LogP contribution in [-0.2, 0) is 9.59 Å². The minimum Gasteiger partial charge on any atom is -0.465 e. The van der Waals surface area contributed by atoms with Crippen LogP contribution < -0.4 is 0 Å². The summed E-state index contributed by atoms with van der Waals surface area (Å²) >= 11 is 0. The lowest BCUT2D eigenvalue weighted by molar-refractivity contribution is -0.123. The SMILES string of the molecule is O=[C]CN(C(=O)O)C(=O)C=Cc1ccccc1. The van der Waals surface area contributed by atoms with E-state index in [0.717, 1.165) is 11.6 Å². The smallest absolute Gasteiger partial charge is 0.414 e. The number of carbonyl (C=O) groups excluding carboxylic acids is 2. The summed E-state index contributed by atoms with van der Waals surface area (Å²) in [4.78, 5) is 32.5. The van der Waals surface area contributed by atoms with Gasteiger partial charge < -0.3 is 5.11 Å². The average molecular weight is 232 g/mol. The van der Waals surface area contributed by atoms with E-state index in [0.29, 0.717) is 4.90 Å². The minimum absolute atomic E-state index is 0.381. The number of carbonyl (C=O) groups is 2. The van der Waals surface area contributed by atoms with Crippen molar-refractivity contribution < 1.29 is 19.5 Å². The second-order valence-corrected chi connectivity index (χ2v) is 3.10. The van der Waals surface area contributed by atoms with Crippen LogP contribution in [0.15, 0.2) is 36.4 Å². The summed E-state index contributed by atoms with van der Waals surface area (Å²) in [5.41, 5.74) is 0.765. The standard InChI is InChI=1S/C12H10NO4/c14-9-8-13(12(16)17)11(15)7-6-10-4-2-1-3-5-10/h1-7H,8H2,(H,16,17). The zero-order valence-electron chi connectivity index (χ0n) is 8.87. The van der Waals surface area contributed by atoms with Crippen molar-refractivity contribution >= 4 is 24.4 Å². The van der Waals surface area contributed by atoms with Crippen molar-refractivity contribution in [1.29, 1.82) is 0 Å². The average Bonchev–Trinajstić information content (AvgIpc) is 2.34. The lowest BCUT2D eigenvalue weighted by Gasteiger charge is -2.10. The predicted molar refractivity (Wildman–Crippen MR) is 60.9 cm³/mol. The number of hydrogen-bond acceptors (Lipinski definition) is 3. The van der Waals surface area contributed by atoms with Crippen LogP contribution in [0.25, 0.3) is 6.08 Å². The third-order valence-electron chi connectivity index (χ3n) is 1.94. The largest absolute Gasteiger partial charge is 0.465 e. The first-order valence-electron chi connectivity index (χ1n) is 4.77. The van der Waals surface area contributed by atoms with E-state index in [1.807, 2.05) is 6.07 Å². The topological polar surface area (TPSA) is 74.7 Å². The van der Waals surface area contributed by atoms with Crippen LogP contribution in [0.1, 0.15) is 5.56 Å². The second kappa shape index (κ2) is 6.22. The van der Waals surface area contributed by atoms with Crippen LogP contribution in [0, 0.1) is 0 Å². The van der Waals surface area contributed by atoms with Crippen LogP contribution in [0.3, 0.4) is 0 Å². The fourth-order valence-electron chi connectivity index (χ4n) is 1.13. The highest BCUT2D eigenvalue weighted by Crippen LogP contribution is 2.02. The van der Waals surface area contributed by atoms with E-state index < -0.39 is 18.5 Å². The van der Waals surface area contributed by atoms with E-state index in [9.17, 15) is 14.4 Å². The maximum Gasteiger partial charge on any atom is 0.414 e. The van der Waals surface area contributed by atoms with E-state index in [1.54, 1.807) is 24.3 Å². The first-order chi connectivity index (χ1) is 8.15. The molecule has 0 saturated carbocycles. The van der Waals surface area contributed by atoms with Gasteiger partial charge in [0.2, 0.25) is 6.29 Å². The van der Waals surface area contributed by atoms with Crippen LogP contribution in [0.5, 0.6) is 0 Å². The van der Waals surface area contributed by atoms with Crippen LogP contribution in [0.2, 0.25) is 0 Å². The molecule has 1 N–H and O–H groups in total. The van der Waals surface area contributed by atoms with E-state index >= 15 is 0 Å². The van der Waals surface area contributed by atoms with Crippen molar-refractivity contribution in [3.8, 4) is 0 Å². The lowest BCUT2D eigenvalue weighted by atomic mass is 10.2. The summed E-state index contributed by atoms with van der Waals surface area (Å²) in [5.74, 6) is -0.773. The molecule has 1 rings (SSSR count). The number of benzene rings is 1. The molecule has 5 nitrogen and oxygen atoms in total. The van der Waals surface area contributed by atoms with Crippen molar-refractivity contribution in [3.63, 3.8) is 0 Å². The fraction of sp³-hybridized carbons (Fsp3) is 0.0833. The van der Waals surface area contributed by atoms with Gasteiger partial charge in [0.15, 0.2) is 0 Å². The van der Waals surface area contributed by atoms with Crippen molar-refractivity contribution in [2.24, 2.45) is 0 Å². The summed E-state index contributed by atoms with van der Waals surface area (Å²) in [7, 11) is 0. The molecule has 0 fully saturated rings. The maximum atomic E-state index is 11.4. The third-order valence-corrected chi connectivity index (χ3v) is 1.94. The van der Waals surface area contributed by atoms with Gasteiger partial charge in [-0.1, -0.05) is 30.3 Å². The number of imide groups is 1. The number of rotatable bonds is 4. The highest BCUT2D eigenvalue weighted by Gasteiger charge is 2.17. The zero-order chi connectivity index (χ0) is 12.7. The van der Waals surface area contributed by atoms with Gasteiger partial charge in [0.1, 0.15) is 0 Å². The lowest BCUT2D eigenvalue weighted by Crippen LogP contribution is -2.35. The molecule has 1 aromatic rings. The quantitative estimate of drug-likeness (QED) is 0.794. The normalized spacial score (nSPS) is 10.1. The van der Waals surface area contributed by atoms with Crippen LogP contribution in [-0.4, -0.2) is 34.8 Å². The van der Waals surface area contributed by atoms with E-state index in [2.05, 4.69) is 0 Å². The van der Waals surface area contributed by atoms with Gasteiger partial charge in [-0.15, -0.1) is 0 Å². The molecule has 1 aromatic carbocycles. The van der Waals surface area contributed by atoms with Gasteiger partial charge >= 0.3 is 6.09 Å². The molecular weight excluding hydrogens is 222 g/mol. The Bertz CT molecular complexity index is 439. The highest BCUT2D eigenvalue weighted by molar-refractivity contribution is 6.01. The number of nitrogens with zero attached hydrogens (tertiary/aromatic N) is 1. The molecule has 1 radical (unpaired) electrons. The molecule has 87 valence electrons. The van der Waals surface area contributed by atoms with Crippen molar-refractivity contribution in [2.45, 2.75) is 0 Å². The minimum atomic E-state index is -1.48. The Hall–Kier alpha value is -2.43. The monoisotopic (exact) mass is 232 g/mol. The predicted octanol–water partition coefficient (Wildman–Crippen LogP) is 1.32. The van der Waals surface area contributed by atoms with Crippen molar-refractivity contribution in [3.05, 3.63) is 42.0 Å². The number of amides is 2. The molecule has 5 heteroatoms. The highest BCUT2D eigenvalue weighted by atomic mass is 16.4. The summed E-state index contributed by atoms with van der Waals surface area (Å²) in [6.45, 7) is -0.590. The van der Waals surface area contributed by atoms with Crippen LogP contribution >= 0.6 is 0 Å². The Morgan fingerprint density at radius 3 is 2.47 bits per heavy atom. The number of hydrogen-bond donors (Lipinski definition) is 1. The van der Waals surface area contributed by atoms with Gasteiger partial charge in [-0.3, -0.25) is 9.59 Å². The summed E-state index contributed by atoms with van der Waals surface area (Å²) < 4.78 is 0. The Labute approximate surface area is 98.0 Å². The van der Waals surface area contributed by atoms with Gasteiger partial charge in [0.05, 0.1) is 6.54 Å². The van der Waals surface area contributed by atoms with Crippen molar-refractivity contribution in [2.75, 3.05) is 6.54 Å². The zero-order valence-corrected chi connectivity index (χ0v) is 8.87. The Balaban J connectivity index is 2.73. The Morgan fingerprint density at radius 2 is 1.94 bits per heavy atom. The molecule has 0 aliphatic carbocycles. The first-order valence-corrected chi connectivity index (χ1v) is 4.77. The Morgan fingerprint density at radius 1 is 1.29 bits per heavy atom. The molecule has 0 spiro atoms. The molecule has 0 aliphatic heterocycles. The van der Waals surface area contributed by atoms with E-state index in [4.69, 9.17) is 5.11 Å². The summed E-state index contributed by atoms with van der Waals surface area (Å²) in [6, 6.07) is 8.93. The third kappa shape index (κ3) is 3.90. The Kier molecular flexibility index (Phi) is 4.62. The maximum absolute atomic E-state index is 11.4. The molecule has 2 amide bonds. The fourth-order valence-corrected chi connectivity index (χ4v) is 1.13. The molecule has 17 heavy (non-hydrogen) atoms. The van der Waals surface area contributed by atoms with Gasteiger partial charge in [-0.05, 0) is 11.6 Å². The van der Waals surface area contributed by atoms with Gasteiger partial charge in [0, 0.05) is 6.08 Å². The van der Waals surface area contributed by atoms with Gasteiger partial charge in [0.25, 0.3) is 5.91 Å². The van der Waals surface area contributed by atoms with E-state index in [-0.39, 0.29) is 0 Å². The number of carboxylic acid groups (broad SMARTS) is 1. The molecule has 0 saturated heterocycles. The molecule has 0 aromatic heterocycles. The summed E-state index contributed by atoms with van der Waals surface area (Å²) in [6.07, 6.45) is 2.47. The molecule has 0 unspecified atom stereocenters. The molecule has 0 aliphatic rings. The molecular formula is C12H10NO4. The first kappa shape index (κ1) is 12.6. The van der Waals surface area contributed by atoms with Gasteiger partial charge in [-0.2, -0.15) is 0 Å². The van der Waals surface area contributed by atoms with E-state index in [1.165, 1.54) is 12.4 Å². The second-order valence-electron chi connectivity index (χ2n) is 3.10.